The van der Waals surface area contributed by atoms with Crippen LogP contribution in [0.4, 0.5) is 10.6 Å². The zero-order valence-corrected chi connectivity index (χ0v) is 13.0. The van der Waals surface area contributed by atoms with E-state index in [0.29, 0.717) is 11.7 Å². The first-order valence-corrected chi connectivity index (χ1v) is 8.27. The van der Waals surface area contributed by atoms with E-state index in [0.717, 1.165) is 43.5 Å². The molecule has 2 heterocycles. The van der Waals surface area contributed by atoms with Gasteiger partial charge in [-0.1, -0.05) is 12.1 Å². The van der Waals surface area contributed by atoms with Gasteiger partial charge in [0, 0.05) is 11.9 Å². The lowest BCUT2D eigenvalue weighted by Gasteiger charge is -2.18. The highest BCUT2D eigenvalue weighted by Crippen LogP contribution is 2.40. The molecule has 0 aliphatic heterocycles. The molecule has 1 fully saturated rings. The Morgan fingerprint density at radius 2 is 2.09 bits per heavy atom. The number of urea groups is 1. The molecule has 4 rings (SSSR count). The van der Waals surface area contributed by atoms with Crippen molar-refractivity contribution in [2.45, 2.75) is 38.1 Å². The van der Waals surface area contributed by atoms with Gasteiger partial charge in [-0.3, -0.25) is 10.3 Å². The number of carbonyl (C=O) groups excluding carboxylic acids is 1. The lowest BCUT2D eigenvalue weighted by molar-refractivity contribution is 0.246. The van der Waals surface area contributed by atoms with Gasteiger partial charge in [0.1, 0.15) is 5.82 Å². The summed E-state index contributed by atoms with van der Waals surface area (Å²) in [7, 11) is 0. The van der Waals surface area contributed by atoms with Crippen LogP contribution in [0.15, 0.2) is 36.5 Å². The third-order valence-electron chi connectivity index (χ3n) is 4.56. The average Bonchev–Trinajstić information content (AvgIpc) is 3.31. The molecule has 0 bridgehead atoms. The maximum Gasteiger partial charge on any atom is 0.320 e. The average molecular weight is 308 g/mol. The van der Waals surface area contributed by atoms with Crippen molar-refractivity contribution in [1.82, 2.24) is 15.3 Å². The number of nitrogens with one attached hydrogen (secondary N) is 2. The Kier molecular flexibility index (Phi) is 3.69. The van der Waals surface area contributed by atoms with Crippen molar-refractivity contribution in [1.29, 1.82) is 0 Å². The van der Waals surface area contributed by atoms with Gasteiger partial charge in [0.25, 0.3) is 0 Å². The van der Waals surface area contributed by atoms with E-state index in [4.69, 9.17) is 0 Å². The molecular formula is C18H20N4O. The molecule has 2 aliphatic carbocycles. The van der Waals surface area contributed by atoms with E-state index in [1.165, 1.54) is 5.56 Å². The number of carbonyl (C=O) groups is 1. The summed E-state index contributed by atoms with van der Waals surface area (Å²) in [6, 6.07) is 9.54. The molecule has 2 aromatic rings. The number of nitrogens with zero attached hydrogens (tertiary/aromatic N) is 2. The molecule has 5 nitrogen and oxygen atoms in total. The molecular weight excluding hydrogens is 288 g/mol. The topological polar surface area (TPSA) is 66.9 Å². The summed E-state index contributed by atoms with van der Waals surface area (Å²) in [5.41, 5.74) is 3.35. The summed E-state index contributed by atoms with van der Waals surface area (Å²) in [4.78, 5) is 21.3. The van der Waals surface area contributed by atoms with Crippen LogP contribution in [-0.2, 0) is 12.8 Å². The third-order valence-corrected chi connectivity index (χ3v) is 4.56. The Hall–Kier alpha value is -2.43. The molecule has 23 heavy (non-hydrogen) atoms. The number of pyridine rings is 2. The second-order valence-corrected chi connectivity index (χ2v) is 6.32. The summed E-state index contributed by atoms with van der Waals surface area (Å²) in [5.74, 6) is 1.11. The maximum atomic E-state index is 12.3. The minimum absolute atomic E-state index is 0.0226. The van der Waals surface area contributed by atoms with E-state index < -0.39 is 0 Å². The molecule has 2 N–H and O–H groups in total. The second-order valence-electron chi connectivity index (χ2n) is 6.32. The minimum Gasteiger partial charge on any atom is -0.329 e. The molecule has 0 saturated heterocycles. The fourth-order valence-electron chi connectivity index (χ4n) is 3.21. The minimum atomic E-state index is -0.210. The number of amides is 2. The van der Waals surface area contributed by atoms with Crippen molar-refractivity contribution >= 4 is 11.8 Å². The number of rotatable bonds is 4. The van der Waals surface area contributed by atoms with Gasteiger partial charge in [-0.15, -0.1) is 0 Å². The maximum absolute atomic E-state index is 12.3. The number of aryl methyl sites for hydroxylation is 2. The van der Waals surface area contributed by atoms with E-state index in [2.05, 4.69) is 26.7 Å². The highest BCUT2D eigenvalue weighted by atomic mass is 16.2. The van der Waals surface area contributed by atoms with Crippen LogP contribution in [0.2, 0.25) is 0 Å². The number of aromatic nitrogens is 2. The fourth-order valence-corrected chi connectivity index (χ4v) is 3.21. The molecule has 1 atom stereocenters. The van der Waals surface area contributed by atoms with Crippen molar-refractivity contribution in [2.24, 2.45) is 5.92 Å². The number of hydrogen-bond donors (Lipinski definition) is 2. The normalized spacial score (nSPS) is 17.4. The second kappa shape index (κ2) is 5.99. The van der Waals surface area contributed by atoms with Crippen LogP contribution < -0.4 is 10.6 Å². The molecule has 118 valence electrons. The Morgan fingerprint density at radius 1 is 1.17 bits per heavy atom. The van der Waals surface area contributed by atoms with Gasteiger partial charge in [-0.25, -0.2) is 9.78 Å². The SMILES string of the molecule is O=C(Nc1ccc2c(n1)CCC2)NC(c1ccccn1)C1CC1. The predicted octanol–water partition coefficient (Wildman–Crippen LogP) is 3.24. The van der Waals surface area contributed by atoms with Crippen molar-refractivity contribution in [3.63, 3.8) is 0 Å². The monoisotopic (exact) mass is 308 g/mol. The van der Waals surface area contributed by atoms with Crippen LogP contribution in [0.3, 0.4) is 0 Å². The first kappa shape index (κ1) is 14.2. The van der Waals surface area contributed by atoms with Crippen LogP contribution in [-0.4, -0.2) is 16.0 Å². The van der Waals surface area contributed by atoms with Gasteiger partial charge in [0.15, 0.2) is 0 Å². The smallest absolute Gasteiger partial charge is 0.320 e. The van der Waals surface area contributed by atoms with Gasteiger partial charge in [-0.05, 0) is 61.8 Å². The van der Waals surface area contributed by atoms with Gasteiger partial charge in [0.05, 0.1) is 11.7 Å². The molecule has 2 aliphatic rings. The molecule has 0 spiro atoms. The zero-order valence-electron chi connectivity index (χ0n) is 13.0. The molecule has 0 aromatic carbocycles. The first-order valence-electron chi connectivity index (χ1n) is 8.27. The van der Waals surface area contributed by atoms with E-state index in [1.54, 1.807) is 6.20 Å². The summed E-state index contributed by atoms with van der Waals surface area (Å²) in [6.07, 6.45) is 7.30. The van der Waals surface area contributed by atoms with Gasteiger partial charge in [-0.2, -0.15) is 0 Å². The van der Waals surface area contributed by atoms with Crippen molar-refractivity contribution in [2.75, 3.05) is 5.32 Å². The van der Waals surface area contributed by atoms with Crippen LogP contribution in [0.25, 0.3) is 0 Å². The highest BCUT2D eigenvalue weighted by Gasteiger charge is 2.34. The van der Waals surface area contributed by atoms with Crippen molar-refractivity contribution < 1.29 is 4.79 Å². The van der Waals surface area contributed by atoms with Gasteiger partial charge >= 0.3 is 6.03 Å². The number of fused-ring (bicyclic) bond motifs is 1. The Bertz CT molecular complexity index is 712. The Balaban J connectivity index is 1.44. The van der Waals surface area contributed by atoms with Gasteiger partial charge in [0.2, 0.25) is 0 Å². The van der Waals surface area contributed by atoms with E-state index >= 15 is 0 Å². The quantitative estimate of drug-likeness (QED) is 0.911. The van der Waals surface area contributed by atoms with Crippen molar-refractivity contribution in [3.8, 4) is 0 Å². The predicted molar refractivity (Wildman–Crippen MR) is 88.1 cm³/mol. The van der Waals surface area contributed by atoms with Crippen LogP contribution in [0.5, 0.6) is 0 Å². The largest absolute Gasteiger partial charge is 0.329 e. The molecule has 5 heteroatoms. The molecule has 1 unspecified atom stereocenters. The lowest BCUT2D eigenvalue weighted by Crippen LogP contribution is -2.34. The molecule has 1 saturated carbocycles. The third kappa shape index (κ3) is 3.18. The lowest BCUT2D eigenvalue weighted by atomic mass is 10.1. The summed E-state index contributed by atoms with van der Waals surface area (Å²) < 4.78 is 0. The summed E-state index contributed by atoms with van der Waals surface area (Å²) in [6.45, 7) is 0. The fraction of sp³-hybridized carbons (Fsp3) is 0.389. The zero-order chi connectivity index (χ0) is 15.6. The Morgan fingerprint density at radius 3 is 2.87 bits per heavy atom. The van der Waals surface area contributed by atoms with E-state index in [9.17, 15) is 4.79 Å². The molecule has 2 amide bonds. The van der Waals surface area contributed by atoms with Crippen LogP contribution in [0.1, 0.15) is 42.3 Å². The molecule has 2 aromatic heterocycles. The van der Waals surface area contributed by atoms with Crippen LogP contribution in [0, 0.1) is 5.92 Å². The van der Waals surface area contributed by atoms with Crippen LogP contribution >= 0.6 is 0 Å². The van der Waals surface area contributed by atoms with Crippen molar-refractivity contribution in [3.05, 3.63) is 53.5 Å². The number of hydrogen-bond acceptors (Lipinski definition) is 3. The summed E-state index contributed by atoms with van der Waals surface area (Å²) in [5, 5.41) is 5.92. The van der Waals surface area contributed by atoms with Gasteiger partial charge < -0.3 is 5.32 Å². The number of anilines is 1. The standard InChI is InChI=1S/C18H20N4O/c23-18(21-16-10-9-12-4-3-6-14(12)20-16)22-17(13-7-8-13)15-5-1-2-11-19-15/h1-2,5,9-11,13,17H,3-4,6-8H2,(H2,20,21,22,23). The Labute approximate surface area is 135 Å². The van der Waals surface area contributed by atoms with E-state index in [-0.39, 0.29) is 12.1 Å². The summed E-state index contributed by atoms with van der Waals surface area (Å²) >= 11 is 0. The first-order chi connectivity index (χ1) is 11.3. The molecule has 0 radical (unpaired) electrons. The van der Waals surface area contributed by atoms with E-state index in [1.807, 2.05) is 24.3 Å². The highest BCUT2D eigenvalue weighted by molar-refractivity contribution is 5.88.